The first kappa shape index (κ1) is 16.7. The lowest BCUT2D eigenvalue weighted by molar-refractivity contribution is -0.384. The molecule has 1 N–H and O–H groups in total. The third kappa shape index (κ3) is 2.99. The number of nitro benzene ring substituents is 1. The van der Waals surface area contributed by atoms with Crippen molar-refractivity contribution in [3.63, 3.8) is 0 Å². The van der Waals surface area contributed by atoms with Crippen LogP contribution in [0.1, 0.15) is 35.7 Å². The smallest absolute Gasteiger partial charge is 0.276 e. The predicted molar refractivity (Wildman–Crippen MR) is 89.7 cm³/mol. The Morgan fingerprint density at radius 2 is 1.92 bits per heavy atom. The number of carbonyl (C=O) groups excluding carboxylic acids is 1. The fourth-order valence-corrected chi connectivity index (χ4v) is 2.72. The van der Waals surface area contributed by atoms with Crippen molar-refractivity contribution in [2.24, 2.45) is 5.10 Å². The summed E-state index contributed by atoms with van der Waals surface area (Å²) < 4.78 is 0. The maximum absolute atomic E-state index is 12.9. The Bertz CT molecular complexity index is 835. The van der Waals surface area contributed by atoms with Crippen LogP contribution in [0.25, 0.3) is 0 Å². The molecule has 128 valence electrons. The lowest BCUT2D eigenvalue weighted by atomic mass is 9.97. The number of aromatic nitrogens is 1. The summed E-state index contributed by atoms with van der Waals surface area (Å²) in [5, 5.41) is 27.2. The minimum Gasteiger partial charge on any atom is -0.365 e. The first-order valence-electron chi connectivity index (χ1n) is 7.74. The van der Waals surface area contributed by atoms with Crippen molar-refractivity contribution in [3.05, 3.63) is 70.0 Å². The SMILES string of the molecule is CCC1=NN(C(=O)c2ccc([N+](=O)[O-])cc2)[C@](O)(c2ccncc2)C1. The fraction of sp³-hybridized carbons (Fsp3) is 0.235. The van der Waals surface area contributed by atoms with E-state index in [4.69, 9.17) is 0 Å². The van der Waals surface area contributed by atoms with Crippen molar-refractivity contribution < 1.29 is 14.8 Å². The third-order valence-corrected chi connectivity index (χ3v) is 4.11. The summed E-state index contributed by atoms with van der Waals surface area (Å²) in [6, 6.07) is 8.47. The first-order valence-corrected chi connectivity index (χ1v) is 7.74. The van der Waals surface area contributed by atoms with E-state index >= 15 is 0 Å². The highest BCUT2D eigenvalue weighted by atomic mass is 16.6. The van der Waals surface area contributed by atoms with Gasteiger partial charge in [0, 0.05) is 47.8 Å². The molecule has 0 saturated heterocycles. The number of hydrazone groups is 1. The van der Waals surface area contributed by atoms with Gasteiger partial charge in [0.05, 0.1) is 4.92 Å². The molecule has 8 nitrogen and oxygen atoms in total. The molecule has 3 rings (SSSR count). The molecular formula is C17H16N4O4. The van der Waals surface area contributed by atoms with Gasteiger partial charge in [-0.05, 0) is 30.7 Å². The zero-order valence-electron chi connectivity index (χ0n) is 13.5. The summed E-state index contributed by atoms with van der Waals surface area (Å²) in [6.07, 6.45) is 3.86. The molecule has 25 heavy (non-hydrogen) atoms. The van der Waals surface area contributed by atoms with Gasteiger partial charge in [0.1, 0.15) is 0 Å². The van der Waals surface area contributed by atoms with Crippen LogP contribution in [0.5, 0.6) is 0 Å². The van der Waals surface area contributed by atoms with Crippen molar-refractivity contribution in [1.29, 1.82) is 0 Å². The van der Waals surface area contributed by atoms with E-state index in [2.05, 4.69) is 10.1 Å². The fourth-order valence-electron chi connectivity index (χ4n) is 2.72. The molecule has 1 aromatic heterocycles. The molecule has 1 amide bonds. The Morgan fingerprint density at radius 3 is 2.48 bits per heavy atom. The Morgan fingerprint density at radius 1 is 1.28 bits per heavy atom. The molecule has 0 fully saturated rings. The highest BCUT2D eigenvalue weighted by molar-refractivity contribution is 5.98. The molecule has 0 spiro atoms. The maximum Gasteiger partial charge on any atom is 0.276 e. The molecule has 2 aromatic rings. The van der Waals surface area contributed by atoms with Crippen molar-refractivity contribution in [3.8, 4) is 0 Å². The second-order valence-corrected chi connectivity index (χ2v) is 5.67. The summed E-state index contributed by atoms with van der Waals surface area (Å²) in [5.41, 5.74) is -0.313. The summed E-state index contributed by atoms with van der Waals surface area (Å²) in [7, 11) is 0. The minimum absolute atomic E-state index is 0.111. The van der Waals surface area contributed by atoms with Gasteiger partial charge < -0.3 is 5.11 Å². The van der Waals surface area contributed by atoms with E-state index in [9.17, 15) is 20.0 Å². The standard InChI is InChI=1S/C17H16N4O4/c1-2-14-11-17(23,13-7-9-18-10-8-13)20(19-14)16(22)12-3-5-15(6-4-12)21(24)25/h3-10,23H,2,11H2,1H3/t17-/m1/s1. The van der Waals surface area contributed by atoms with Gasteiger partial charge in [0.25, 0.3) is 11.6 Å². The van der Waals surface area contributed by atoms with Gasteiger partial charge in [-0.25, -0.2) is 0 Å². The van der Waals surface area contributed by atoms with Crippen LogP contribution < -0.4 is 0 Å². The van der Waals surface area contributed by atoms with Crippen LogP contribution in [0.3, 0.4) is 0 Å². The van der Waals surface area contributed by atoms with Crippen LogP contribution in [0, 0.1) is 10.1 Å². The lowest BCUT2D eigenvalue weighted by Gasteiger charge is -2.31. The van der Waals surface area contributed by atoms with Crippen LogP contribution in [-0.4, -0.2) is 31.6 Å². The molecule has 8 heteroatoms. The van der Waals surface area contributed by atoms with E-state index in [1.807, 2.05) is 6.92 Å². The van der Waals surface area contributed by atoms with Crippen molar-refractivity contribution >= 4 is 17.3 Å². The number of nitro groups is 1. The van der Waals surface area contributed by atoms with Gasteiger partial charge >= 0.3 is 0 Å². The number of benzene rings is 1. The second-order valence-electron chi connectivity index (χ2n) is 5.67. The van der Waals surface area contributed by atoms with Crippen LogP contribution in [0.15, 0.2) is 53.9 Å². The van der Waals surface area contributed by atoms with Crippen molar-refractivity contribution in [2.75, 3.05) is 0 Å². The molecular weight excluding hydrogens is 324 g/mol. The van der Waals surface area contributed by atoms with Crippen molar-refractivity contribution in [2.45, 2.75) is 25.5 Å². The predicted octanol–water partition coefficient (Wildman–Crippen LogP) is 2.45. The number of hydrogen-bond donors (Lipinski definition) is 1. The second kappa shape index (κ2) is 6.40. The van der Waals surface area contributed by atoms with E-state index in [0.717, 1.165) is 5.01 Å². The largest absolute Gasteiger partial charge is 0.365 e. The van der Waals surface area contributed by atoms with Gasteiger partial charge in [-0.3, -0.25) is 19.9 Å². The zero-order chi connectivity index (χ0) is 18.0. The normalized spacial score (nSPS) is 19.6. The monoisotopic (exact) mass is 340 g/mol. The molecule has 1 aromatic carbocycles. The minimum atomic E-state index is -1.60. The topological polar surface area (TPSA) is 109 Å². The number of carbonyl (C=O) groups is 1. The van der Waals surface area contributed by atoms with Gasteiger partial charge in [0.2, 0.25) is 0 Å². The molecule has 0 saturated carbocycles. The van der Waals surface area contributed by atoms with Gasteiger partial charge in [-0.1, -0.05) is 6.92 Å². The molecule has 1 aliphatic rings. The highest BCUT2D eigenvalue weighted by Gasteiger charge is 2.45. The third-order valence-electron chi connectivity index (χ3n) is 4.11. The average molecular weight is 340 g/mol. The molecule has 2 heterocycles. The molecule has 0 radical (unpaired) electrons. The number of amides is 1. The Hall–Kier alpha value is -3.13. The Kier molecular flexibility index (Phi) is 4.28. The number of rotatable bonds is 4. The van der Waals surface area contributed by atoms with Crippen molar-refractivity contribution in [1.82, 2.24) is 9.99 Å². The summed E-state index contributed by atoms with van der Waals surface area (Å²) in [4.78, 5) is 27.0. The van der Waals surface area contributed by atoms with E-state index in [1.165, 1.54) is 36.7 Å². The summed E-state index contributed by atoms with van der Waals surface area (Å²) in [5.74, 6) is -0.530. The summed E-state index contributed by atoms with van der Waals surface area (Å²) >= 11 is 0. The summed E-state index contributed by atoms with van der Waals surface area (Å²) in [6.45, 7) is 1.89. The van der Waals surface area contributed by atoms with Crippen LogP contribution in [0.2, 0.25) is 0 Å². The number of nitrogens with zero attached hydrogens (tertiary/aromatic N) is 4. The number of non-ortho nitro benzene ring substituents is 1. The van der Waals surface area contributed by atoms with Gasteiger partial charge in [-0.2, -0.15) is 10.1 Å². The van der Waals surface area contributed by atoms with Gasteiger partial charge in [-0.15, -0.1) is 0 Å². The lowest BCUT2D eigenvalue weighted by Crippen LogP contribution is -2.43. The van der Waals surface area contributed by atoms with Crippen LogP contribution >= 0.6 is 0 Å². The zero-order valence-corrected chi connectivity index (χ0v) is 13.5. The van der Waals surface area contributed by atoms with E-state index in [-0.39, 0.29) is 17.7 Å². The van der Waals surface area contributed by atoms with Crippen LogP contribution in [-0.2, 0) is 5.72 Å². The number of pyridine rings is 1. The molecule has 0 aliphatic carbocycles. The number of aliphatic hydroxyl groups is 1. The highest BCUT2D eigenvalue weighted by Crippen LogP contribution is 2.36. The molecule has 1 aliphatic heterocycles. The average Bonchev–Trinajstić information content (AvgIpc) is 3.00. The quantitative estimate of drug-likeness (QED) is 0.679. The van der Waals surface area contributed by atoms with E-state index < -0.39 is 16.6 Å². The first-order chi connectivity index (χ1) is 12.0. The maximum atomic E-state index is 12.9. The van der Waals surface area contributed by atoms with Gasteiger partial charge in [0.15, 0.2) is 5.72 Å². The molecule has 0 bridgehead atoms. The van der Waals surface area contributed by atoms with E-state index in [1.54, 1.807) is 12.1 Å². The Labute approximate surface area is 143 Å². The van der Waals surface area contributed by atoms with E-state index in [0.29, 0.717) is 17.7 Å². The number of hydrogen-bond acceptors (Lipinski definition) is 6. The molecule has 1 atom stereocenters. The van der Waals surface area contributed by atoms with Crippen LogP contribution in [0.4, 0.5) is 5.69 Å². The molecule has 0 unspecified atom stereocenters. The Balaban J connectivity index is 1.98.